The molecule has 21 heavy (non-hydrogen) atoms. The van der Waals surface area contributed by atoms with E-state index < -0.39 is 5.97 Å². The molecule has 0 spiro atoms. The Hall–Kier alpha value is -2.08. The summed E-state index contributed by atoms with van der Waals surface area (Å²) in [6.07, 6.45) is 0. The van der Waals surface area contributed by atoms with E-state index in [-0.39, 0.29) is 12.4 Å². The summed E-state index contributed by atoms with van der Waals surface area (Å²) < 4.78 is 23.6. The van der Waals surface area contributed by atoms with E-state index in [1.165, 1.54) is 19.2 Å². The molecule has 6 heteroatoms. The van der Waals surface area contributed by atoms with Crippen LogP contribution in [0.1, 0.15) is 15.9 Å². The number of carbonyl (C=O) groups excluding carboxylic acids is 1. The van der Waals surface area contributed by atoms with Crippen molar-refractivity contribution >= 4 is 27.6 Å². The van der Waals surface area contributed by atoms with Crippen LogP contribution in [-0.4, -0.2) is 13.1 Å². The van der Waals surface area contributed by atoms with Gasteiger partial charge >= 0.3 is 5.97 Å². The highest BCUT2D eigenvalue weighted by molar-refractivity contribution is 9.10. The van der Waals surface area contributed by atoms with Gasteiger partial charge < -0.3 is 15.2 Å². The molecule has 0 aliphatic heterocycles. The van der Waals surface area contributed by atoms with E-state index in [1.807, 2.05) is 0 Å². The van der Waals surface area contributed by atoms with E-state index >= 15 is 0 Å². The first-order valence-electron chi connectivity index (χ1n) is 6.05. The van der Waals surface area contributed by atoms with Gasteiger partial charge in [0.2, 0.25) is 0 Å². The number of hydrogen-bond acceptors (Lipinski definition) is 4. The Morgan fingerprint density at radius 3 is 2.71 bits per heavy atom. The fourth-order valence-corrected chi connectivity index (χ4v) is 2.15. The second-order valence-corrected chi connectivity index (χ2v) is 5.17. The minimum atomic E-state index is -0.527. The number of carbonyl (C=O) groups is 1. The Bertz CT molecular complexity index is 676. The van der Waals surface area contributed by atoms with Crippen LogP contribution < -0.4 is 10.5 Å². The van der Waals surface area contributed by atoms with Gasteiger partial charge in [0.15, 0.2) is 0 Å². The number of halogens is 2. The van der Waals surface area contributed by atoms with Crippen molar-refractivity contribution in [3.05, 3.63) is 57.8 Å². The first-order valence-corrected chi connectivity index (χ1v) is 6.84. The molecule has 2 rings (SSSR count). The maximum Gasteiger partial charge on any atom is 0.338 e. The van der Waals surface area contributed by atoms with Crippen LogP contribution in [0.2, 0.25) is 0 Å². The van der Waals surface area contributed by atoms with Gasteiger partial charge in [-0.1, -0.05) is 6.07 Å². The highest BCUT2D eigenvalue weighted by Gasteiger charge is 2.11. The summed E-state index contributed by atoms with van der Waals surface area (Å²) in [6.45, 7) is 0.0365. The zero-order valence-electron chi connectivity index (χ0n) is 11.2. The predicted octanol–water partition coefficient (Wildman–Crippen LogP) is 3.54. The van der Waals surface area contributed by atoms with E-state index in [2.05, 4.69) is 15.9 Å². The first-order chi connectivity index (χ1) is 9.99. The minimum Gasteiger partial charge on any atom is -0.497 e. The lowest BCUT2D eigenvalue weighted by Gasteiger charge is -2.08. The molecule has 0 aliphatic rings. The van der Waals surface area contributed by atoms with Crippen molar-refractivity contribution in [3.8, 4) is 5.75 Å². The van der Waals surface area contributed by atoms with E-state index in [4.69, 9.17) is 15.2 Å². The van der Waals surface area contributed by atoms with Crippen molar-refractivity contribution in [3.63, 3.8) is 0 Å². The van der Waals surface area contributed by atoms with Crippen LogP contribution in [0.15, 0.2) is 40.9 Å². The average molecular weight is 354 g/mol. The number of nitrogens with two attached hydrogens (primary N) is 1. The molecule has 0 bridgehead atoms. The minimum absolute atomic E-state index is 0.0365. The molecule has 0 amide bonds. The molecule has 0 heterocycles. The van der Waals surface area contributed by atoms with Crippen molar-refractivity contribution < 1.29 is 18.7 Å². The number of nitrogen functional groups attached to an aromatic ring is 1. The summed E-state index contributed by atoms with van der Waals surface area (Å²) in [4.78, 5) is 12.0. The van der Waals surface area contributed by atoms with Crippen LogP contribution in [-0.2, 0) is 11.3 Å². The molecule has 0 radical (unpaired) electrons. The molecule has 0 saturated heterocycles. The molecular formula is C15H13BrFNO3. The van der Waals surface area contributed by atoms with E-state index in [9.17, 15) is 9.18 Å². The Morgan fingerprint density at radius 1 is 1.29 bits per heavy atom. The van der Waals surface area contributed by atoms with E-state index in [0.29, 0.717) is 27.0 Å². The van der Waals surface area contributed by atoms with Crippen molar-refractivity contribution in [2.75, 3.05) is 12.8 Å². The van der Waals surface area contributed by atoms with Gasteiger partial charge in [-0.05, 0) is 45.8 Å². The predicted molar refractivity (Wildman–Crippen MR) is 80.6 cm³/mol. The molecule has 0 saturated carbocycles. The third-order valence-corrected chi connectivity index (χ3v) is 3.36. The molecule has 0 aromatic heterocycles. The topological polar surface area (TPSA) is 61.5 Å². The molecule has 0 atom stereocenters. The van der Waals surface area contributed by atoms with Crippen LogP contribution in [0.25, 0.3) is 0 Å². The Labute approximate surface area is 129 Å². The zero-order valence-corrected chi connectivity index (χ0v) is 12.8. The van der Waals surface area contributed by atoms with E-state index in [1.54, 1.807) is 24.3 Å². The quantitative estimate of drug-likeness (QED) is 0.674. The third kappa shape index (κ3) is 3.95. The van der Waals surface area contributed by atoms with Gasteiger partial charge in [-0.15, -0.1) is 0 Å². The molecule has 2 aromatic rings. The summed E-state index contributed by atoms with van der Waals surface area (Å²) in [6, 6.07) is 9.06. The Balaban J connectivity index is 2.07. The fourth-order valence-electron chi connectivity index (χ4n) is 1.72. The molecule has 2 aromatic carbocycles. The lowest BCUT2D eigenvalue weighted by atomic mass is 10.2. The Morgan fingerprint density at radius 2 is 2.05 bits per heavy atom. The number of esters is 1. The van der Waals surface area contributed by atoms with Gasteiger partial charge in [0.25, 0.3) is 0 Å². The van der Waals surface area contributed by atoms with Crippen LogP contribution in [0.3, 0.4) is 0 Å². The normalized spacial score (nSPS) is 10.2. The maximum atomic E-state index is 13.1. The molecule has 0 fully saturated rings. The summed E-state index contributed by atoms with van der Waals surface area (Å²) in [5, 5.41) is 0. The zero-order chi connectivity index (χ0) is 15.4. The lowest BCUT2D eigenvalue weighted by molar-refractivity contribution is 0.0472. The fraction of sp³-hybridized carbons (Fsp3) is 0.133. The van der Waals surface area contributed by atoms with Gasteiger partial charge in [-0.25, -0.2) is 9.18 Å². The van der Waals surface area contributed by atoms with Crippen LogP contribution >= 0.6 is 15.9 Å². The molecular weight excluding hydrogens is 341 g/mol. The van der Waals surface area contributed by atoms with Crippen molar-refractivity contribution in [1.82, 2.24) is 0 Å². The standard InChI is InChI=1S/C15H13BrFNO3/c1-20-12-6-10(5-11(18)7-12)15(19)21-8-9-2-3-14(17)13(16)4-9/h2-7H,8,18H2,1H3. The van der Waals surface area contributed by atoms with Gasteiger partial charge in [0.1, 0.15) is 18.2 Å². The highest BCUT2D eigenvalue weighted by Crippen LogP contribution is 2.20. The first kappa shape index (κ1) is 15.3. The summed E-state index contributed by atoms with van der Waals surface area (Å²) in [7, 11) is 1.49. The number of anilines is 1. The number of hydrogen-bond donors (Lipinski definition) is 1. The monoisotopic (exact) mass is 353 g/mol. The maximum absolute atomic E-state index is 13.1. The van der Waals surface area contributed by atoms with Crippen LogP contribution in [0.5, 0.6) is 5.75 Å². The second kappa shape index (κ2) is 6.58. The third-order valence-electron chi connectivity index (χ3n) is 2.75. The van der Waals surface area contributed by atoms with Gasteiger partial charge in [0.05, 0.1) is 17.1 Å². The molecule has 4 nitrogen and oxygen atoms in total. The van der Waals surface area contributed by atoms with Gasteiger partial charge in [-0.3, -0.25) is 0 Å². The lowest BCUT2D eigenvalue weighted by Crippen LogP contribution is -2.06. The summed E-state index contributed by atoms with van der Waals surface area (Å²) in [5.41, 5.74) is 7.06. The number of ether oxygens (including phenoxy) is 2. The Kier molecular flexibility index (Phi) is 4.80. The van der Waals surface area contributed by atoms with Crippen molar-refractivity contribution in [1.29, 1.82) is 0 Å². The molecule has 110 valence electrons. The smallest absolute Gasteiger partial charge is 0.338 e. The second-order valence-electron chi connectivity index (χ2n) is 4.32. The average Bonchev–Trinajstić information content (AvgIpc) is 2.47. The van der Waals surface area contributed by atoms with Crippen molar-refractivity contribution in [2.24, 2.45) is 0 Å². The summed E-state index contributed by atoms with van der Waals surface area (Å²) >= 11 is 3.08. The van der Waals surface area contributed by atoms with Crippen molar-refractivity contribution in [2.45, 2.75) is 6.61 Å². The van der Waals surface area contributed by atoms with E-state index in [0.717, 1.165) is 0 Å². The van der Waals surface area contributed by atoms with Gasteiger partial charge in [-0.2, -0.15) is 0 Å². The number of methoxy groups -OCH3 is 1. The van der Waals surface area contributed by atoms with Gasteiger partial charge in [0, 0.05) is 11.8 Å². The highest BCUT2D eigenvalue weighted by atomic mass is 79.9. The SMILES string of the molecule is COc1cc(N)cc(C(=O)OCc2ccc(F)c(Br)c2)c1. The molecule has 0 aliphatic carbocycles. The number of rotatable bonds is 4. The largest absolute Gasteiger partial charge is 0.497 e. The number of benzene rings is 2. The summed E-state index contributed by atoms with van der Waals surface area (Å²) in [5.74, 6) is -0.418. The molecule has 0 unspecified atom stereocenters. The van der Waals surface area contributed by atoms with Crippen LogP contribution in [0.4, 0.5) is 10.1 Å². The molecule has 2 N–H and O–H groups in total. The van der Waals surface area contributed by atoms with Crippen LogP contribution in [0, 0.1) is 5.82 Å².